The van der Waals surface area contributed by atoms with Crippen molar-refractivity contribution in [3.63, 3.8) is 0 Å². The number of rotatable bonds is 6. The zero-order valence-electron chi connectivity index (χ0n) is 18.2. The molecule has 4 aromatic rings. The number of aromatic amines is 1. The first-order chi connectivity index (χ1) is 17.0. The average molecular weight is 493 g/mol. The van der Waals surface area contributed by atoms with Crippen molar-refractivity contribution in [1.29, 1.82) is 0 Å². The van der Waals surface area contributed by atoms with Crippen LogP contribution in [0.1, 0.15) is 40.3 Å². The van der Waals surface area contributed by atoms with Gasteiger partial charge in [0.2, 0.25) is 5.13 Å². The minimum atomic E-state index is -2.80. The van der Waals surface area contributed by atoms with Gasteiger partial charge in [0, 0.05) is 29.4 Å². The van der Waals surface area contributed by atoms with Crippen LogP contribution in [-0.4, -0.2) is 43.4 Å². The zero-order valence-corrected chi connectivity index (χ0v) is 19.1. The predicted octanol–water partition coefficient (Wildman–Crippen LogP) is 4.35. The summed E-state index contributed by atoms with van der Waals surface area (Å²) < 4.78 is 32.2. The van der Waals surface area contributed by atoms with Crippen LogP contribution in [0.15, 0.2) is 36.8 Å². The molecule has 1 amide bonds. The van der Waals surface area contributed by atoms with Crippen molar-refractivity contribution < 1.29 is 18.3 Å². The van der Waals surface area contributed by atoms with Crippen molar-refractivity contribution in [2.45, 2.75) is 19.3 Å². The molecule has 1 saturated carbocycles. The highest BCUT2D eigenvalue weighted by atomic mass is 32.1. The molecule has 176 valence electrons. The molecule has 5 rings (SSSR count). The molecule has 1 aliphatic carbocycles. The summed E-state index contributed by atoms with van der Waals surface area (Å²) in [6.07, 6.45) is 3.49. The lowest BCUT2D eigenvalue weighted by Gasteiger charge is -2.14. The van der Waals surface area contributed by atoms with Gasteiger partial charge in [-0.05, 0) is 37.0 Å². The molecule has 0 radical (unpaired) electrons. The normalized spacial score (nSPS) is 12.8. The summed E-state index contributed by atoms with van der Waals surface area (Å²) in [4.78, 5) is 21.3. The van der Waals surface area contributed by atoms with Gasteiger partial charge in [-0.1, -0.05) is 17.3 Å². The number of carbonyl (C=O) groups is 1. The Kier molecular flexibility index (Phi) is 6.15. The number of pyridine rings is 2. The molecule has 2 N–H and O–H groups in total. The number of alkyl halides is 2. The Bertz CT molecular complexity index is 1440. The fourth-order valence-electron chi connectivity index (χ4n) is 3.24. The molecule has 0 aromatic carbocycles. The van der Waals surface area contributed by atoms with Gasteiger partial charge in [-0.3, -0.25) is 25.2 Å². The van der Waals surface area contributed by atoms with Gasteiger partial charge in [-0.15, -0.1) is 10.2 Å². The molecular formula is C23H17F2N7O2S. The van der Waals surface area contributed by atoms with Gasteiger partial charge in [0.15, 0.2) is 5.01 Å². The fourth-order valence-corrected chi connectivity index (χ4v) is 3.84. The minimum Gasteiger partial charge on any atom is -0.494 e. The smallest absolute Gasteiger partial charge is 0.280 e. The molecule has 9 nitrogen and oxygen atoms in total. The van der Waals surface area contributed by atoms with E-state index in [9.17, 15) is 13.6 Å². The summed E-state index contributed by atoms with van der Waals surface area (Å²) in [5.74, 6) is 6.14. The van der Waals surface area contributed by atoms with Crippen LogP contribution in [0.3, 0.4) is 0 Å². The first-order valence-electron chi connectivity index (χ1n) is 10.5. The summed E-state index contributed by atoms with van der Waals surface area (Å²) in [5.41, 5.74) is 1.30. The Hall–Kier alpha value is -4.24. The molecule has 0 aliphatic heterocycles. The van der Waals surface area contributed by atoms with Crippen LogP contribution in [0.4, 0.5) is 13.9 Å². The van der Waals surface area contributed by atoms with Crippen molar-refractivity contribution in [1.82, 2.24) is 30.4 Å². The van der Waals surface area contributed by atoms with Crippen molar-refractivity contribution in [3.05, 3.63) is 53.1 Å². The second kappa shape index (κ2) is 9.55. The van der Waals surface area contributed by atoms with Crippen LogP contribution in [-0.2, 0) is 0 Å². The maximum atomic E-state index is 13.4. The highest BCUT2D eigenvalue weighted by Gasteiger charge is 2.22. The average Bonchev–Trinajstić information content (AvgIpc) is 3.33. The van der Waals surface area contributed by atoms with Crippen LogP contribution in [0.2, 0.25) is 0 Å². The number of nitrogens with one attached hydrogen (secondary N) is 2. The number of methoxy groups -OCH3 is 1. The zero-order chi connectivity index (χ0) is 24.4. The number of halogens is 2. The van der Waals surface area contributed by atoms with Crippen LogP contribution in [0.5, 0.6) is 5.75 Å². The highest BCUT2D eigenvalue weighted by molar-refractivity contribution is 7.15. The third-order valence-corrected chi connectivity index (χ3v) is 5.91. The Morgan fingerprint density at radius 2 is 2.09 bits per heavy atom. The molecule has 0 bridgehead atoms. The molecule has 4 aromatic heterocycles. The Morgan fingerprint density at radius 3 is 2.80 bits per heavy atom. The molecule has 0 saturated heterocycles. The first-order valence-corrected chi connectivity index (χ1v) is 11.3. The van der Waals surface area contributed by atoms with Crippen molar-refractivity contribution >= 4 is 22.4 Å². The number of amides is 1. The lowest BCUT2D eigenvalue weighted by molar-refractivity contribution is 0.102. The lowest BCUT2D eigenvalue weighted by atomic mass is 9.98. The summed E-state index contributed by atoms with van der Waals surface area (Å²) in [5, 5.41) is 18.1. The molecule has 1 aliphatic rings. The number of hydrogen-bond acceptors (Lipinski definition) is 8. The van der Waals surface area contributed by atoms with E-state index in [1.165, 1.54) is 25.6 Å². The van der Waals surface area contributed by atoms with E-state index in [1.54, 1.807) is 18.3 Å². The third kappa shape index (κ3) is 4.99. The van der Waals surface area contributed by atoms with Crippen LogP contribution < -0.4 is 10.1 Å². The molecule has 1 fully saturated rings. The maximum absolute atomic E-state index is 13.4. The van der Waals surface area contributed by atoms with Gasteiger partial charge >= 0.3 is 0 Å². The van der Waals surface area contributed by atoms with Crippen molar-refractivity contribution in [2.75, 3.05) is 12.4 Å². The summed E-state index contributed by atoms with van der Waals surface area (Å²) in [6, 6.07) is 4.50. The Morgan fingerprint density at radius 1 is 1.23 bits per heavy atom. The number of ether oxygens (including phenoxy) is 1. The van der Waals surface area contributed by atoms with Gasteiger partial charge < -0.3 is 4.74 Å². The number of anilines is 1. The molecule has 35 heavy (non-hydrogen) atoms. The van der Waals surface area contributed by atoms with E-state index >= 15 is 0 Å². The quantitative estimate of drug-likeness (QED) is 0.384. The van der Waals surface area contributed by atoms with Crippen molar-refractivity contribution in [2.24, 2.45) is 5.92 Å². The molecule has 12 heteroatoms. The van der Waals surface area contributed by atoms with Gasteiger partial charge in [0.1, 0.15) is 11.4 Å². The first kappa shape index (κ1) is 22.5. The number of nitrogens with zero attached hydrogens (tertiary/aromatic N) is 5. The maximum Gasteiger partial charge on any atom is 0.280 e. The van der Waals surface area contributed by atoms with E-state index in [2.05, 4.69) is 47.5 Å². The number of carbonyl (C=O) groups excluding carboxylic acids is 1. The van der Waals surface area contributed by atoms with Crippen molar-refractivity contribution in [3.8, 4) is 40.1 Å². The van der Waals surface area contributed by atoms with E-state index in [0.717, 1.165) is 24.2 Å². The van der Waals surface area contributed by atoms with Gasteiger partial charge in [0.25, 0.3) is 12.3 Å². The van der Waals surface area contributed by atoms with E-state index in [4.69, 9.17) is 4.74 Å². The van der Waals surface area contributed by atoms with Gasteiger partial charge in [-0.25, -0.2) is 8.78 Å². The standard InChI is InChI=1S/C23H17F2N7O2S/c1-34-19-11-27-18(21(24)25)9-14(19)13-8-17(16-6-7-28-30-16)26-10-15(13)22(33)29-23-32-31-20(35-23)5-4-12-2-3-12/h6-12,21H,2-3H2,1H3,(H,28,30)(H,29,32,33). The Balaban J connectivity index is 1.54. The van der Waals surface area contributed by atoms with Gasteiger partial charge in [0.05, 0.1) is 30.3 Å². The van der Waals surface area contributed by atoms with E-state index in [-0.39, 0.29) is 22.0 Å². The third-order valence-electron chi connectivity index (χ3n) is 5.15. The monoisotopic (exact) mass is 493 g/mol. The molecule has 4 heterocycles. The predicted molar refractivity (Wildman–Crippen MR) is 124 cm³/mol. The van der Waals surface area contributed by atoms with E-state index in [1.807, 2.05) is 0 Å². The van der Waals surface area contributed by atoms with Crippen LogP contribution >= 0.6 is 11.3 Å². The number of aromatic nitrogens is 6. The molecule has 0 unspecified atom stereocenters. The fraction of sp³-hybridized carbons (Fsp3) is 0.217. The second-order valence-electron chi connectivity index (χ2n) is 7.61. The van der Waals surface area contributed by atoms with E-state index < -0.39 is 18.0 Å². The number of H-pyrrole nitrogens is 1. The topological polar surface area (TPSA) is 119 Å². The van der Waals surface area contributed by atoms with Gasteiger partial charge in [-0.2, -0.15) is 5.10 Å². The Labute approximate surface area is 202 Å². The van der Waals surface area contributed by atoms with Crippen LogP contribution in [0.25, 0.3) is 22.5 Å². The second-order valence-corrected chi connectivity index (χ2v) is 8.58. The number of hydrogen-bond donors (Lipinski definition) is 2. The molecular weight excluding hydrogens is 476 g/mol. The summed E-state index contributed by atoms with van der Waals surface area (Å²) in [6.45, 7) is 0. The molecule has 0 spiro atoms. The van der Waals surface area contributed by atoms with Crippen LogP contribution in [0, 0.1) is 17.8 Å². The molecule has 0 atom stereocenters. The summed E-state index contributed by atoms with van der Waals surface area (Å²) in [7, 11) is 1.39. The largest absolute Gasteiger partial charge is 0.494 e. The summed E-state index contributed by atoms with van der Waals surface area (Å²) >= 11 is 1.15. The lowest BCUT2D eigenvalue weighted by Crippen LogP contribution is -2.14. The SMILES string of the molecule is COc1cnc(C(F)F)cc1-c1cc(-c2ccn[nH]2)ncc1C(=O)Nc1nnc(C#CC2CC2)s1. The highest BCUT2D eigenvalue weighted by Crippen LogP contribution is 2.36. The van der Waals surface area contributed by atoms with E-state index in [0.29, 0.717) is 27.9 Å². The minimum absolute atomic E-state index is 0.124.